The number of hydrogen-bond donors (Lipinski definition) is 1. The minimum atomic E-state index is -0.306. The Morgan fingerprint density at radius 2 is 1.95 bits per heavy atom. The Hall–Kier alpha value is -1.56. The number of benzene rings is 1. The minimum absolute atomic E-state index is 0.101. The van der Waals surface area contributed by atoms with Crippen molar-refractivity contribution in [3.8, 4) is 0 Å². The zero-order chi connectivity index (χ0) is 15.5. The molecule has 1 unspecified atom stereocenters. The van der Waals surface area contributed by atoms with Crippen molar-refractivity contribution in [2.45, 2.75) is 11.7 Å². The van der Waals surface area contributed by atoms with E-state index in [0.717, 1.165) is 5.56 Å². The topological polar surface area (TPSA) is 54.4 Å². The van der Waals surface area contributed by atoms with Crippen LogP contribution >= 0.6 is 35.0 Å². The summed E-state index contributed by atoms with van der Waals surface area (Å²) in [7, 11) is 0. The van der Waals surface area contributed by atoms with Crippen molar-refractivity contribution in [2.24, 2.45) is 4.99 Å². The molecule has 3 rings (SSSR count). The molecule has 0 aliphatic carbocycles. The van der Waals surface area contributed by atoms with Crippen LogP contribution in [0.5, 0.6) is 0 Å². The lowest BCUT2D eigenvalue weighted by Gasteiger charge is -2.09. The van der Waals surface area contributed by atoms with Crippen molar-refractivity contribution in [2.75, 3.05) is 0 Å². The molecule has 2 heterocycles. The van der Waals surface area contributed by atoms with Gasteiger partial charge in [0.25, 0.3) is 0 Å². The summed E-state index contributed by atoms with van der Waals surface area (Å²) in [5.41, 5.74) is 0.776. The predicted octanol–water partition coefficient (Wildman–Crippen LogP) is 3.85. The van der Waals surface area contributed by atoms with Crippen LogP contribution in [0.2, 0.25) is 10.0 Å². The lowest BCUT2D eigenvalue weighted by molar-refractivity contribution is -0.118. The highest BCUT2D eigenvalue weighted by Gasteiger charge is 2.31. The van der Waals surface area contributed by atoms with Crippen LogP contribution in [0.25, 0.3) is 0 Å². The van der Waals surface area contributed by atoms with Crippen LogP contribution in [0.4, 0.5) is 5.82 Å². The van der Waals surface area contributed by atoms with Crippen LogP contribution in [0.15, 0.2) is 47.6 Å². The van der Waals surface area contributed by atoms with E-state index in [1.807, 2.05) is 12.1 Å². The van der Waals surface area contributed by atoms with Gasteiger partial charge in [-0.15, -0.1) is 0 Å². The van der Waals surface area contributed by atoms with Gasteiger partial charge in [-0.2, -0.15) is 0 Å². The van der Waals surface area contributed by atoms with Crippen molar-refractivity contribution in [1.82, 2.24) is 10.3 Å². The number of pyridine rings is 1. The van der Waals surface area contributed by atoms with E-state index in [-0.39, 0.29) is 11.2 Å². The number of nitrogens with one attached hydrogen (secondary N) is 1. The predicted molar refractivity (Wildman–Crippen MR) is 91.0 cm³/mol. The Balaban J connectivity index is 1.77. The highest BCUT2D eigenvalue weighted by atomic mass is 35.5. The number of aliphatic imine (C=N–C) groups is 1. The fourth-order valence-electron chi connectivity index (χ4n) is 2.03. The Morgan fingerprint density at radius 3 is 2.64 bits per heavy atom. The van der Waals surface area contributed by atoms with E-state index in [1.54, 1.807) is 30.5 Å². The number of carbonyl (C=O) groups is 1. The molecule has 7 heteroatoms. The molecule has 0 bridgehead atoms. The van der Waals surface area contributed by atoms with Gasteiger partial charge in [0.2, 0.25) is 5.91 Å². The smallest absolute Gasteiger partial charge is 0.239 e. The summed E-state index contributed by atoms with van der Waals surface area (Å²) in [6.45, 7) is 0. The monoisotopic (exact) mass is 351 g/mol. The maximum atomic E-state index is 12.1. The lowest BCUT2D eigenvalue weighted by Crippen LogP contribution is -2.26. The second-order valence-corrected chi connectivity index (χ2v) is 6.61. The molecule has 0 radical (unpaired) electrons. The van der Waals surface area contributed by atoms with Gasteiger partial charge in [-0.3, -0.25) is 4.79 Å². The van der Waals surface area contributed by atoms with Gasteiger partial charge >= 0.3 is 0 Å². The standard InChI is InChI=1S/C15H11Cl2N3OS/c16-10-4-3-5-11(17)9(10)8-12-14(21)20-15(22-12)19-13-6-1-2-7-18-13/h1-7,12H,8H2,(H,18,19,20,21). The van der Waals surface area contributed by atoms with Crippen LogP contribution < -0.4 is 5.32 Å². The van der Waals surface area contributed by atoms with E-state index in [9.17, 15) is 4.79 Å². The van der Waals surface area contributed by atoms with Crippen LogP contribution in [-0.2, 0) is 11.2 Å². The van der Waals surface area contributed by atoms with Crippen molar-refractivity contribution < 1.29 is 4.79 Å². The molecule has 0 spiro atoms. The fourth-order valence-corrected chi connectivity index (χ4v) is 3.57. The summed E-state index contributed by atoms with van der Waals surface area (Å²) in [6, 6.07) is 10.7. The van der Waals surface area contributed by atoms with Crippen molar-refractivity contribution >= 4 is 51.9 Å². The molecule has 1 saturated heterocycles. The van der Waals surface area contributed by atoms with Gasteiger partial charge in [0.05, 0.1) is 5.25 Å². The Kier molecular flexibility index (Phi) is 4.66. The quantitative estimate of drug-likeness (QED) is 0.913. The number of amidine groups is 1. The van der Waals surface area contributed by atoms with Gasteiger partial charge in [0.1, 0.15) is 0 Å². The summed E-state index contributed by atoms with van der Waals surface area (Å²) in [6.07, 6.45) is 2.11. The van der Waals surface area contributed by atoms with Gasteiger partial charge in [0.15, 0.2) is 11.0 Å². The number of nitrogens with zero attached hydrogens (tertiary/aromatic N) is 2. The first-order valence-corrected chi connectivity index (χ1v) is 8.17. The maximum Gasteiger partial charge on any atom is 0.239 e. The second kappa shape index (κ2) is 6.69. The normalized spacial score (nSPS) is 19.5. The molecule has 1 aliphatic heterocycles. The van der Waals surface area contributed by atoms with Crippen LogP contribution in [0, 0.1) is 0 Å². The van der Waals surface area contributed by atoms with Crippen LogP contribution in [0.1, 0.15) is 5.56 Å². The first-order chi connectivity index (χ1) is 10.6. The largest absolute Gasteiger partial charge is 0.304 e. The molecular formula is C15H11Cl2N3OS. The van der Waals surface area contributed by atoms with Crippen LogP contribution in [0.3, 0.4) is 0 Å². The lowest BCUT2D eigenvalue weighted by atomic mass is 10.1. The molecule has 1 atom stereocenters. The average Bonchev–Trinajstić information content (AvgIpc) is 2.84. The summed E-state index contributed by atoms with van der Waals surface area (Å²) in [5, 5.41) is 4.12. The summed E-state index contributed by atoms with van der Waals surface area (Å²) < 4.78 is 0. The van der Waals surface area contributed by atoms with E-state index in [0.29, 0.717) is 27.5 Å². The number of halogens is 2. The molecule has 4 nitrogen and oxygen atoms in total. The first-order valence-electron chi connectivity index (χ1n) is 6.53. The molecule has 22 heavy (non-hydrogen) atoms. The van der Waals surface area contributed by atoms with Gasteiger partial charge < -0.3 is 5.32 Å². The third kappa shape index (κ3) is 3.43. The summed E-state index contributed by atoms with van der Waals surface area (Å²) in [5.74, 6) is 0.456. The fraction of sp³-hybridized carbons (Fsp3) is 0.133. The Morgan fingerprint density at radius 1 is 1.18 bits per heavy atom. The molecule has 1 amide bonds. The molecule has 0 saturated carbocycles. The Labute approximate surface area is 141 Å². The molecule has 1 fully saturated rings. The van der Waals surface area contributed by atoms with Gasteiger partial charge in [0, 0.05) is 16.2 Å². The number of thioether (sulfide) groups is 1. The van der Waals surface area contributed by atoms with Crippen molar-refractivity contribution in [3.63, 3.8) is 0 Å². The van der Waals surface area contributed by atoms with E-state index < -0.39 is 0 Å². The molecule has 1 aliphatic rings. The maximum absolute atomic E-state index is 12.1. The van der Waals surface area contributed by atoms with E-state index in [2.05, 4.69) is 15.3 Å². The van der Waals surface area contributed by atoms with Gasteiger partial charge in [-0.25, -0.2) is 9.98 Å². The average molecular weight is 352 g/mol. The van der Waals surface area contributed by atoms with E-state index >= 15 is 0 Å². The van der Waals surface area contributed by atoms with Crippen molar-refractivity contribution in [3.05, 3.63) is 58.2 Å². The number of carbonyl (C=O) groups excluding carboxylic acids is 1. The number of aromatic nitrogens is 1. The van der Waals surface area contributed by atoms with E-state index in [1.165, 1.54) is 11.8 Å². The highest BCUT2D eigenvalue weighted by Crippen LogP contribution is 2.31. The SMILES string of the molecule is O=C1NC(=Nc2ccccn2)SC1Cc1c(Cl)cccc1Cl. The second-order valence-electron chi connectivity index (χ2n) is 4.60. The third-order valence-electron chi connectivity index (χ3n) is 3.09. The zero-order valence-corrected chi connectivity index (χ0v) is 13.6. The minimum Gasteiger partial charge on any atom is -0.304 e. The molecule has 1 aromatic heterocycles. The summed E-state index contributed by atoms with van der Waals surface area (Å²) >= 11 is 13.7. The number of rotatable bonds is 3. The molecular weight excluding hydrogens is 341 g/mol. The molecule has 2 aromatic rings. The third-order valence-corrected chi connectivity index (χ3v) is 4.88. The molecule has 1 aromatic carbocycles. The van der Waals surface area contributed by atoms with Gasteiger partial charge in [-0.05, 0) is 36.2 Å². The van der Waals surface area contributed by atoms with E-state index in [4.69, 9.17) is 23.2 Å². The highest BCUT2D eigenvalue weighted by molar-refractivity contribution is 8.15. The number of hydrogen-bond acceptors (Lipinski definition) is 4. The van der Waals surface area contributed by atoms with Crippen molar-refractivity contribution in [1.29, 1.82) is 0 Å². The van der Waals surface area contributed by atoms with Gasteiger partial charge in [-0.1, -0.05) is 47.1 Å². The molecule has 1 N–H and O–H groups in total. The number of amides is 1. The molecule has 112 valence electrons. The Bertz CT molecular complexity index is 717. The van der Waals surface area contributed by atoms with Crippen LogP contribution in [-0.4, -0.2) is 21.3 Å². The summed E-state index contributed by atoms with van der Waals surface area (Å²) in [4.78, 5) is 20.5. The zero-order valence-electron chi connectivity index (χ0n) is 11.3. The first kappa shape index (κ1) is 15.3.